The number of aliphatic carboxylic acids is 1. The van der Waals surface area contributed by atoms with Crippen molar-refractivity contribution in [2.45, 2.75) is 30.6 Å². The SMILES string of the molecule is O=C(O)C1(c2ccccc2)CCC(F)(F)C1. The van der Waals surface area contributed by atoms with Crippen molar-refractivity contribution in [2.24, 2.45) is 0 Å². The zero-order valence-electron chi connectivity index (χ0n) is 8.62. The van der Waals surface area contributed by atoms with Gasteiger partial charge in [-0.2, -0.15) is 0 Å². The molecular formula is C12H12F2O2. The molecular weight excluding hydrogens is 214 g/mol. The minimum absolute atomic E-state index is 0.000648. The number of carboxylic acids is 1. The zero-order valence-corrected chi connectivity index (χ0v) is 8.62. The fraction of sp³-hybridized carbons (Fsp3) is 0.417. The van der Waals surface area contributed by atoms with Gasteiger partial charge in [-0.1, -0.05) is 30.3 Å². The maximum Gasteiger partial charge on any atom is 0.314 e. The van der Waals surface area contributed by atoms with Crippen molar-refractivity contribution in [2.75, 3.05) is 0 Å². The lowest BCUT2D eigenvalue weighted by Gasteiger charge is -2.24. The van der Waals surface area contributed by atoms with Gasteiger partial charge in [0.15, 0.2) is 0 Å². The van der Waals surface area contributed by atoms with Gasteiger partial charge in [0, 0.05) is 12.8 Å². The summed E-state index contributed by atoms with van der Waals surface area (Å²) in [5, 5.41) is 9.22. The van der Waals surface area contributed by atoms with Crippen LogP contribution in [0.4, 0.5) is 8.78 Å². The Morgan fingerprint density at radius 1 is 1.19 bits per heavy atom. The first-order valence-electron chi connectivity index (χ1n) is 5.13. The highest BCUT2D eigenvalue weighted by atomic mass is 19.3. The molecule has 0 heterocycles. The fourth-order valence-electron chi connectivity index (χ4n) is 2.32. The van der Waals surface area contributed by atoms with E-state index in [9.17, 15) is 18.7 Å². The number of hydrogen-bond donors (Lipinski definition) is 1. The maximum absolute atomic E-state index is 13.2. The van der Waals surface area contributed by atoms with Crippen LogP contribution >= 0.6 is 0 Å². The van der Waals surface area contributed by atoms with Crippen LogP contribution in [0.5, 0.6) is 0 Å². The molecule has 1 unspecified atom stereocenters. The van der Waals surface area contributed by atoms with Crippen LogP contribution in [0.2, 0.25) is 0 Å². The van der Waals surface area contributed by atoms with Crippen molar-refractivity contribution in [3.05, 3.63) is 35.9 Å². The molecule has 1 N–H and O–H groups in total. The van der Waals surface area contributed by atoms with Gasteiger partial charge < -0.3 is 5.11 Å². The quantitative estimate of drug-likeness (QED) is 0.841. The standard InChI is InChI=1S/C12H12F2O2/c13-12(14)7-6-11(8-12,10(15)16)9-4-2-1-3-5-9/h1-5H,6-8H2,(H,15,16). The molecule has 1 saturated carbocycles. The van der Waals surface area contributed by atoms with Crippen LogP contribution in [0.3, 0.4) is 0 Å². The van der Waals surface area contributed by atoms with Crippen molar-refractivity contribution in [1.29, 1.82) is 0 Å². The summed E-state index contributed by atoms with van der Waals surface area (Å²) >= 11 is 0. The number of rotatable bonds is 2. The van der Waals surface area contributed by atoms with E-state index in [1.807, 2.05) is 0 Å². The smallest absolute Gasteiger partial charge is 0.314 e. The van der Waals surface area contributed by atoms with E-state index in [4.69, 9.17) is 0 Å². The van der Waals surface area contributed by atoms with Crippen LogP contribution < -0.4 is 0 Å². The van der Waals surface area contributed by atoms with Crippen molar-refractivity contribution in [3.8, 4) is 0 Å². The zero-order chi connectivity index (χ0) is 11.8. The van der Waals surface area contributed by atoms with E-state index in [0.29, 0.717) is 5.56 Å². The van der Waals surface area contributed by atoms with Crippen LogP contribution in [0.15, 0.2) is 30.3 Å². The summed E-state index contributed by atoms with van der Waals surface area (Å²) in [6, 6.07) is 8.31. The molecule has 4 heteroatoms. The lowest BCUT2D eigenvalue weighted by molar-refractivity contribution is -0.144. The third kappa shape index (κ3) is 1.68. The Labute approximate surface area is 91.9 Å². The minimum atomic E-state index is -2.87. The monoisotopic (exact) mass is 226 g/mol. The summed E-state index contributed by atoms with van der Waals surface area (Å²) in [5.41, 5.74) is -0.940. The molecule has 2 nitrogen and oxygen atoms in total. The predicted octanol–water partition coefficient (Wildman–Crippen LogP) is 2.83. The number of carboxylic acid groups (broad SMARTS) is 1. The molecule has 1 aliphatic rings. The Morgan fingerprint density at radius 2 is 1.81 bits per heavy atom. The molecule has 0 saturated heterocycles. The minimum Gasteiger partial charge on any atom is -0.481 e. The third-order valence-electron chi connectivity index (χ3n) is 3.21. The molecule has 0 aromatic heterocycles. The van der Waals surface area contributed by atoms with Crippen LogP contribution in [0, 0.1) is 0 Å². The van der Waals surface area contributed by atoms with Gasteiger partial charge in [-0.05, 0) is 12.0 Å². The number of halogens is 2. The highest BCUT2D eigenvalue weighted by Gasteiger charge is 2.54. The summed E-state index contributed by atoms with van der Waals surface area (Å²) in [6.07, 6.45) is -0.952. The number of carbonyl (C=O) groups is 1. The third-order valence-corrected chi connectivity index (χ3v) is 3.21. The van der Waals surface area contributed by atoms with Gasteiger partial charge in [-0.25, -0.2) is 8.78 Å². The van der Waals surface area contributed by atoms with Gasteiger partial charge >= 0.3 is 5.97 Å². The Hall–Kier alpha value is -1.45. The highest BCUT2D eigenvalue weighted by Crippen LogP contribution is 2.49. The Morgan fingerprint density at radius 3 is 2.25 bits per heavy atom. The second kappa shape index (κ2) is 3.54. The van der Waals surface area contributed by atoms with Crippen molar-refractivity contribution in [3.63, 3.8) is 0 Å². The van der Waals surface area contributed by atoms with Gasteiger partial charge in [0.2, 0.25) is 5.92 Å². The average molecular weight is 226 g/mol. The molecule has 1 atom stereocenters. The summed E-state index contributed by atoms with van der Waals surface area (Å²) in [6.45, 7) is 0. The molecule has 0 spiro atoms. The molecule has 16 heavy (non-hydrogen) atoms. The van der Waals surface area contributed by atoms with E-state index in [-0.39, 0.29) is 12.8 Å². The van der Waals surface area contributed by atoms with E-state index >= 15 is 0 Å². The lowest BCUT2D eigenvalue weighted by atomic mass is 9.79. The van der Waals surface area contributed by atoms with E-state index in [1.165, 1.54) is 0 Å². The van der Waals surface area contributed by atoms with Crippen LogP contribution in [-0.4, -0.2) is 17.0 Å². The number of alkyl halides is 2. The van der Waals surface area contributed by atoms with E-state index < -0.39 is 23.7 Å². The summed E-state index contributed by atoms with van der Waals surface area (Å²) < 4.78 is 26.4. The molecule has 0 bridgehead atoms. The fourth-order valence-corrected chi connectivity index (χ4v) is 2.32. The molecule has 1 aliphatic carbocycles. The van der Waals surface area contributed by atoms with Gasteiger partial charge in [-0.15, -0.1) is 0 Å². The average Bonchev–Trinajstić information content (AvgIpc) is 2.57. The molecule has 0 amide bonds. The van der Waals surface area contributed by atoms with Crippen LogP contribution in [-0.2, 0) is 10.2 Å². The molecule has 0 aliphatic heterocycles. The van der Waals surface area contributed by atoms with E-state index in [0.717, 1.165) is 0 Å². The maximum atomic E-state index is 13.2. The van der Waals surface area contributed by atoms with Crippen molar-refractivity contribution < 1.29 is 18.7 Å². The first kappa shape index (κ1) is 11.0. The first-order valence-corrected chi connectivity index (χ1v) is 5.13. The number of benzene rings is 1. The second-order valence-corrected chi connectivity index (χ2v) is 4.29. The molecule has 1 aromatic rings. The van der Waals surface area contributed by atoms with Crippen molar-refractivity contribution in [1.82, 2.24) is 0 Å². The number of hydrogen-bond acceptors (Lipinski definition) is 1. The van der Waals surface area contributed by atoms with Crippen molar-refractivity contribution >= 4 is 5.97 Å². The summed E-state index contributed by atoms with van der Waals surface area (Å²) in [5.74, 6) is -4.02. The lowest BCUT2D eigenvalue weighted by Crippen LogP contribution is -2.34. The molecule has 2 rings (SSSR count). The van der Waals surface area contributed by atoms with E-state index in [2.05, 4.69) is 0 Å². The molecule has 1 aromatic carbocycles. The second-order valence-electron chi connectivity index (χ2n) is 4.29. The Balaban J connectivity index is 2.43. The highest BCUT2D eigenvalue weighted by molar-refractivity contribution is 5.82. The molecule has 0 radical (unpaired) electrons. The van der Waals surface area contributed by atoms with Gasteiger partial charge in [0.1, 0.15) is 0 Å². The summed E-state index contributed by atoms with van der Waals surface area (Å²) in [4.78, 5) is 11.3. The van der Waals surface area contributed by atoms with Crippen LogP contribution in [0.1, 0.15) is 24.8 Å². The largest absolute Gasteiger partial charge is 0.481 e. The molecule has 86 valence electrons. The topological polar surface area (TPSA) is 37.3 Å². The van der Waals surface area contributed by atoms with Gasteiger partial charge in [0.25, 0.3) is 0 Å². The van der Waals surface area contributed by atoms with Gasteiger partial charge in [0.05, 0.1) is 5.41 Å². The van der Waals surface area contributed by atoms with E-state index in [1.54, 1.807) is 30.3 Å². The predicted molar refractivity (Wildman–Crippen MR) is 54.6 cm³/mol. The van der Waals surface area contributed by atoms with Gasteiger partial charge in [-0.3, -0.25) is 4.79 Å². The summed E-state index contributed by atoms with van der Waals surface area (Å²) in [7, 11) is 0. The molecule has 1 fully saturated rings. The first-order chi connectivity index (χ1) is 7.46. The Kier molecular flexibility index (Phi) is 2.45. The normalized spacial score (nSPS) is 27.9. The Bertz CT molecular complexity index is 403. The van der Waals surface area contributed by atoms with Crippen LogP contribution in [0.25, 0.3) is 0 Å².